The van der Waals surface area contributed by atoms with E-state index in [9.17, 15) is 28.2 Å². The van der Waals surface area contributed by atoms with Crippen molar-refractivity contribution in [1.82, 2.24) is 19.3 Å². The number of rotatable bonds is 5. The van der Waals surface area contributed by atoms with E-state index in [1.54, 1.807) is 36.7 Å². The van der Waals surface area contributed by atoms with Crippen LogP contribution < -0.4 is 5.73 Å². The van der Waals surface area contributed by atoms with Gasteiger partial charge in [0.1, 0.15) is 28.5 Å². The van der Waals surface area contributed by atoms with Crippen LogP contribution in [0.15, 0.2) is 60.9 Å². The molecule has 1 amide bonds. The summed E-state index contributed by atoms with van der Waals surface area (Å²) in [7, 11) is 0. The summed E-state index contributed by atoms with van der Waals surface area (Å²) in [6, 6.07) is 11.1. The van der Waals surface area contributed by atoms with E-state index in [-0.39, 0.29) is 34.8 Å². The molecule has 4 aromatic rings. The molecule has 0 aliphatic carbocycles. The van der Waals surface area contributed by atoms with Crippen LogP contribution >= 0.6 is 0 Å². The largest absolute Gasteiger partial charge is 0.416 e. The highest BCUT2D eigenvalue weighted by Crippen LogP contribution is 2.39. The van der Waals surface area contributed by atoms with E-state index in [0.29, 0.717) is 29.7 Å². The molecule has 2 aromatic carbocycles. The summed E-state index contributed by atoms with van der Waals surface area (Å²) >= 11 is 0. The van der Waals surface area contributed by atoms with Crippen LogP contribution in [0.4, 0.5) is 19.0 Å². The molecule has 2 fully saturated rings. The van der Waals surface area contributed by atoms with Gasteiger partial charge in [0.15, 0.2) is 0 Å². The van der Waals surface area contributed by atoms with Crippen molar-refractivity contribution in [2.24, 2.45) is 0 Å². The van der Waals surface area contributed by atoms with Crippen molar-refractivity contribution in [2.45, 2.75) is 49.4 Å². The number of aromatic nitrogens is 3. The molecule has 6 rings (SSSR count). The van der Waals surface area contributed by atoms with Gasteiger partial charge in [0.2, 0.25) is 5.91 Å². The number of amides is 1. The number of carbonyl (C=O) groups is 1. The Morgan fingerprint density at radius 2 is 1.77 bits per heavy atom. The van der Waals surface area contributed by atoms with Gasteiger partial charge in [0.25, 0.3) is 0 Å². The van der Waals surface area contributed by atoms with Gasteiger partial charge in [-0.05, 0) is 42.5 Å². The lowest BCUT2D eigenvalue weighted by Gasteiger charge is -2.34. The number of carbonyl (C=O) groups excluding carboxylic acids is 1. The molecular weight excluding hydrogens is 523 g/mol. The quantitative estimate of drug-likeness (QED) is 0.344. The summed E-state index contributed by atoms with van der Waals surface area (Å²) in [5, 5.41) is 21.4. The van der Waals surface area contributed by atoms with Crippen LogP contribution in [0.3, 0.4) is 0 Å². The SMILES string of the molecule is Nc1nccn2c([C@@H]3CC[C@H]4CCC(=O)N4C3)nc(-c3ccc(C(O)(CO)c4cccc(C(F)(F)F)c4)cc3)c12. The number of fused-ring (bicyclic) bond motifs is 2. The maximum absolute atomic E-state index is 13.3. The van der Waals surface area contributed by atoms with Gasteiger partial charge in [0.05, 0.1) is 12.2 Å². The highest BCUT2D eigenvalue weighted by atomic mass is 19.4. The fraction of sp³-hybridized carbons (Fsp3) is 0.345. The third-order valence-electron chi connectivity index (χ3n) is 8.23. The zero-order valence-corrected chi connectivity index (χ0v) is 21.5. The van der Waals surface area contributed by atoms with Gasteiger partial charge in [-0.15, -0.1) is 0 Å². The minimum atomic E-state index is -4.59. The van der Waals surface area contributed by atoms with E-state index in [4.69, 9.17) is 10.7 Å². The van der Waals surface area contributed by atoms with E-state index >= 15 is 0 Å². The number of piperidine rings is 1. The molecule has 2 aliphatic heterocycles. The summed E-state index contributed by atoms with van der Waals surface area (Å²) in [6.45, 7) is -0.232. The summed E-state index contributed by atoms with van der Waals surface area (Å²) in [4.78, 5) is 23.6. The molecule has 0 bridgehead atoms. The molecule has 11 heteroatoms. The first kappa shape index (κ1) is 26.3. The third kappa shape index (κ3) is 4.29. The number of benzene rings is 2. The van der Waals surface area contributed by atoms with Crippen molar-refractivity contribution >= 4 is 17.2 Å². The summed E-state index contributed by atoms with van der Waals surface area (Å²) in [5.41, 5.74) is 5.29. The highest BCUT2D eigenvalue weighted by Gasteiger charge is 2.39. The number of nitrogen functional groups attached to an aromatic ring is 1. The Labute approximate surface area is 227 Å². The normalized spacial score (nSPS) is 21.0. The molecule has 0 radical (unpaired) electrons. The molecule has 8 nitrogen and oxygen atoms in total. The average Bonchev–Trinajstić information content (AvgIpc) is 3.53. The van der Waals surface area contributed by atoms with Crippen LogP contribution in [0.5, 0.6) is 0 Å². The standard InChI is InChI=1S/C29H28F3N5O3/c30-29(31,32)21-3-1-2-20(14-21)28(40,16-38)19-7-4-17(5-8-19)24-25-26(33)34-12-13-36(25)27(35-24)18-6-9-22-10-11-23(39)37(22)15-18/h1-5,7-8,12-14,18,22,38,40H,6,9-11,15-16H2,(H2,33,34)/t18-,22+,28?/m1/s1. The van der Waals surface area contributed by atoms with Crippen LogP contribution in [-0.2, 0) is 16.6 Å². The number of nitrogens with zero attached hydrogens (tertiary/aromatic N) is 4. The third-order valence-corrected chi connectivity index (χ3v) is 8.23. The van der Waals surface area contributed by atoms with Crippen molar-refractivity contribution in [3.63, 3.8) is 0 Å². The van der Waals surface area contributed by atoms with Crippen LogP contribution in [0.1, 0.15) is 54.1 Å². The van der Waals surface area contributed by atoms with Crippen LogP contribution in [-0.4, -0.2) is 54.6 Å². The fourth-order valence-electron chi connectivity index (χ4n) is 6.06. The molecule has 0 spiro atoms. The van der Waals surface area contributed by atoms with Gasteiger partial charge in [-0.2, -0.15) is 13.2 Å². The second kappa shape index (κ2) is 9.60. The molecular formula is C29H28F3N5O3. The molecule has 1 unspecified atom stereocenters. The number of aliphatic hydroxyl groups excluding tert-OH is 1. The number of aliphatic hydroxyl groups is 2. The Bertz CT molecular complexity index is 1590. The number of anilines is 1. The number of hydrogen-bond donors (Lipinski definition) is 3. The summed E-state index contributed by atoms with van der Waals surface area (Å²) in [5.74, 6) is 1.24. The summed E-state index contributed by atoms with van der Waals surface area (Å²) in [6.07, 6.45) is 2.06. The Kier molecular flexibility index (Phi) is 6.30. The van der Waals surface area contributed by atoms with Gasteiger partial charge < -0.3 is 20.8 Å². The predicted octanol–water partition coefficient (Wildman–Crippen LogP) is 4.09. The van der Waals surface area contributed by atoms with Gasteiger partial charge >= 0.3 is 6.18 Å². The van der Waals surface area contributed by atoms with Crippen LogP contribution in [0, 0.1) is 0 Å². The maximum atomic E-state index is 13.3. The Balaban J connectivity index is 1.37. The summed E-state index contributed by atoms with van der Waals surface area (Å²) < 4.78 is 41.8. The molecule has 3 atom stereocenters. The van der Waals surface area contributed by atoms with E-state index < -0.39 is 23.9 Å². The number of imidazole rings is 1. The molecule has 4 heterocycles. The fourth-order valence-corrected chi connectivity index (χ4v) is 6.06. The Morgan fingerprint density at radius 3 is 2.50 bits per heavy atom. The first-order chi connectivity index (χ1) is 19.1. The van der Waals surface area contributed by atoms with Crippen molar-refractivity contribution in [3.8, 4) is 11.3 Å². The van der Waals surface area contributed by atoms with Crippen LogP contribution in [0.25, 0.3) is 16.8 Å². The van der Waals surface area contributed by atoms with Gasteiger partial charge in [-0.1, -0.05) is 36.4 Å². The Morgan fingerprint density at radius 1 is 1.02 bits per heavy atom. The smallest absolute Gasteiger partial charge is 0.393 e. The lowest BCUT2D eigenvalue weighted by atomic mass is 9.85. The number of nitrogens with two attached hydrogens (primary N) is 1. The molecule has 208 valence electrons. The first-order valence-corrected chi connectivity index (χ1v) is 13.1. The molecule has 0 saturated carbocycles. The predicted molar refractivity (Wildman–Crippen MR) is 141 cm³/mol. The van der Waals surface area contributed by atoms with Crippen molar-refractivity contribution in [2.75, 3.05) is 18.9 Å². The van der Waals surface area contributed by atoms with E-state index in [0.717, 1.165) is 37.2 Å². The highest BCUT2D eigenvalue weighted by molar-refractivity contribution is 5.85. The van der Waals surface area contributed by atoms with Gasteiger partial charge in [-0.3, -0.25) is 9.20 Å². The molecule has 2 aromatic heterocycles. The first-order valence-electron chi connectivity index (χ1n) is 13.1. The molecule has 2 aliphatic rings. The van der Waals surface area contributed by atoms with Gasteiger partial charge in [0, 0.05) is 42.9 Å². The van der Waals surface area contributed by atoms with Gasteiger partial charge in [-0.25, -0.2) is 9.97 Å². The monoisotopic (exact) mass is 551 g/mol. The van der Waals surface area contributed by atoms with E-state index in [1.807, 2.05) is 9.30 Å². The number of alkyl halides is 3. The molecule has 2 saturated heterocycles. The number of halogens is 3. The zero-order chi connectivity index (χ0) is 28.2. The molecule has 40 heavy (non-hydrogen) atoms. The van der Waals surface area contributed by atoms with E-state index in [2.05, 4.69) is 4.98 Å². The minimum absolute atomic E-state index is 0.0148. The second-order valence-electron chi connectivity index (χ2n) is 10.5. The number of hydrogen-bond acceptors (Lipinski definition) is 6. The van der Waals surface area contributed by atoms with Crippen molar-refractivity contribution < 1.29 is 28.2 Å². The maximum Gasteiger partial charge on any atom is 0.416 e. The second-order valence-corrected chi connectivity index (χ2v) is 10.5. The lowest BCUT2D eigenvalue weighted by molar-refractivity contribution is -0.137. The van der Waals surface area contributed by atoms with Crippen molar-refractivity contribution in [3.05, 3.63) is 83.4 Å². The average molecular weight is 552 g/mol. The Hall–Kier alpha value is -3.96. The zero-order valence-electron chi connectivity index (χ0n) is 21.5. The van der Waals surface area contributed by atoms with Crippen LogP contribution in [0.2, 0.25) is 0 Å². The minimum Gasteiger partial charge on any atom is -0.393 e. The lowest BCUT2D eigenvalue weighted by Crippen LogP contribution is -2.41. The topological polar surface area (TPSA) is 117 Å². The van der Waals surface area contributed by atoms with E-state index in [1.165, 1.54) is 12.1 Å². The van der Waals surface area contributed by atoms with Crippen molar-refractivity contribution in [1.29, 1.82) is 0 Å². The molecule has 4 N–H and O–H groups in total.